The first kappa shape index (κ1) is 19.4. The molecule has 0 radical (unpaired) electrons. The average molecular weight is 322 g/mol. The number of nitrogens with zero attached hydrogens (tertiary/aromatic N) is 2. The summed E-state index contributed by atoms with van der Waals surface area (Å²) >= 11 is 0. The van der Waals surface area contributed by atoms with Crippen LogP contribution in [0, 0.1) is 5.92 Å². The van der Waals surface area contributed by atoms with E-state index in [1.807, 2.05) is 32.9 Å². The van der Waals surface area contributed by atoms with Gasteiger partial charge in [0.05, 0.1) is 5.60 Å². The molecule has 2 atom stereocenters. The number of hydrogen-bond acceptors (Lipinski definition) is 4. The van der Waals surface area contributed by atoms with Gasteiger partial charge in [-0.3, -0.25) is 4.98 Å². The highest BCUT2D eigenvalue weighted by Gasteiger charge is 2.35. The van der Waals surface area contributed by atoms with Crippen LogP contribution in [0.15, 0.2) is 24.5 Å². The van der Waals surface area contributed by atoms with E-state index in [1.54, 1.807) is 26.4 Å². The number of carbonyl (C=O) groups is 1. The van der Waals surface area contributed by atoms with Crippen molar-refractivity contribution in [3.05, 3.63) is 30.1 Å². The van der Waals surface area contributed by atoms with E-state index in [2.05, 4.69) is 11.9 Å². The number of ether oxygens (including phenoxy) is 1. The molecule has 1 N–H and O–H groups in total. The Morgan fingerprint density at radius 1 is 1.39 bits per heavy atom. The molecule has 5 heteroatoms. The quantitative estimate of drug-likeness (QED) is 0.869. The Morgan fingerprint density at radius 3 is 2.52 bits per heavy atom. The fourth-order valence-electron chi connectivity index (χ4n) is 2.54. The van der Waals surface area contributed by atoms with Crippen molar-refractivity contribution in [2.45, 2.75) is 58.7 Å². The van der Waals surface area contributed by atoms with Gasteiger partial charge in [-0.15, -0.1) is 0 Å². The molecular formula is C18H30N2O3. The smallest absolute Gasteiger partial charge is 0.410 e. The molecule has 1 aromatic heterocycles. The lowest BCUT2D eigenvalue weighted by Gasteiger charge is -2.36. The average Bonchev–Trinajstić information content (AvgIpc) is 2.45. The standard InChI is InChI=1S/C18H30N2O3/c1-7-9-15(13-20(6)16(21)23-17(2,3)4)18(5,22)14-10-8-11-19-12-14/h8,10-12,15,22H,7,9,13H2,1-6H3. The number of amides is 1. The number of pyridine rings is 1. The van der Waals surface area contributed by atoms with Crippen LogP contribution < -0.4 is 0 Å². The highest BCUT2D eigenvalue weighted by molar-refractivity contribution is 5.67. The Bertz CT molecular complexity index is 495. The Hall–Kier alpha value is -1.62. The zero-order valence-corrected chi connectivity index (χ0v) is 15.2. The van der Waals surface area contributed by atoms with Gasteiger partial charge in [0.25, 0.3) is 0 Å². The van der Waals surface area contributed by atoms with Crippen LogP contribution in [0.3, 0.4) is 0 Å². The Labute approximate surface area is 139 Å². The molecule has 0 aliphatic heterocycles. The molecular weight excluding hydrogens is 292 g/mol. The van der Waals surface area contributed by atoms with E-state index in [0.29, 0.717) is 6.54 Å². The van der Waals surface area contributed by atoms with Gasteiger partial charge < -0.3 is 14.7 Å². The zero-order chi connectivity index (χ0) is 17.7. The van der Waals surface area contributed by atoms with Gasteiger partial charge in [-0.25, -0.2) is 4.79 Å². The van der Waals surface area contributed by atoms with Crippen molar-refractivity contribution in [3.63, 3.8) is 0 Å². The molecule has 5 nitrogen and oxygen atoms in total. The second kappa shape index (κ2) is 7.77. The summed E-state index contributed by atoms with van der Waals surface area (Å²) in [6.45, 7) is 9.80. The minimum absolute atomic E-state index is 0.103. The summed E-state index contributed by atoms with van der Waals surface area (Å²) in [4.78, 5) is 17.8. The summed E-state index contributed by atoms with van der Waals surface area (Å²) in [7, 11) is 1.70. The zero-order valence-electron chi connectivity index (χ0n) is 15.2. The fourth-order valence-corrected chi connectivity index (χ4v) is 2.54. The summed E-state index contributed by atoms with van der Waals surface area (Å²) in [5.74, 6) is -0.103. The number of carbonyl (C=O) groups excluding carboxylic acids is 1. The number of rotatable bonds is 6. The number of aliphatic hydroxyl groups is 1. The molecule has 0 aliphatic carbocycles. The summed E-state index contributed by atoms with van der Waals surface area (Å²) in [5.41, 5.74) is -0.825. The molecule has 2 unspecified atom stereocenters. The van der Waals surface area contributed by atoms with E-state index in [4.69, 9.17) is 4.74 Å². The van der Waals surface area contributed by atoms with Crippen molar-refractivity contribution in [1.29, 1.82) is 0 Å². The summed E-state index contributed by atoms with van der Waals surface area (Å²) in [6.07, 6.45) is 4.70. The van der Waals surface area contributed by atoms with Crippen LogP contribution in [0.5, 0.6) is 0 Å². The van der Waals surface area contributed by atoms with Crippen LogP contribution in [0.25, 0.3) is 0 Å². The fraction of sp³-hybridized carbons (Fsp3) is 0.667. The van der Waals surface area contributed by atoms with Crippen LogP contribution in [0.1, 0.15) is 53.0 Å². The molecule has 0 spiro atoms. The first-order valence-corrected chi connectivity index (χ1v) is 8.15. The van der Waals surface area contributed by atoms with Crippen molar-refractivity contribution in [1.82, 2.24) is 9.88 Å². The predicted molar refractivity (Wildman–Crippen MR) is 91.1 cm³/mol. The third-order valence-electron chi connectivity index (χ3n) is 3.88. The van der Waals surface area contributed by atoms with Crippen LogP contribution >= 0.6 is 0 Å². The Balaban J connectivity index is 2.88. The van der Waals surface area contributed by atoms with Gasteiger partial charge in [-0.1, -0.05) is 19.4 Å². The molecule has 0 bridgehead atoms. The van der Waals surface area contributed by atoms with Gasteiger partial charge in [-0.05, 0) is 40.2 Å². The molecule has 0 aliphatic rings. The molecule has 1 aromatic rings. The van der Waals surface area contributed by atoms with Crippen LogP contribution in [0.4, 0.5) is 4.79 Å². The first-order chi connectivity index (χ1) is 10.6. The van der Waals surface area contributed by atoms with Crippen molar-refractivity contribution in [2.24, 2.45) is 5.92 Å². The maximum absolute atomic E-state index is 12.2. The second-order valence-electron chi connectivity index (χ2n) is 7.24. The van der Waals surface area contributed by atoms with Crippen LogP contribution in [-0.4, -0.2) is 40.3 Å². The van der Waals surface area contributed by atoms with Gasteiger partial charge in [0, 0.05) is 37.5 Å². The molecule has 0 aromatic carbocycles. The van der Waals surface area contributed by atoms with Gasteiger partial charge >= 0.3 is 6.09 Å². The van der Waals surface area contributed by atoms with Gasteiger partial charge in [0.2, 0.25) is 0 Å². The lowest BCUT2D eigenvalue weighted by Crippen LogP contribution is -2.43. The highest BCUT2D eigenvalue weighted by atomic mass is 16.6. The van der Waals surface area contributed by atoms with Crippen molar-refractivity contribution in [3.8, 4) is 0 Å². The van der Waals surface area contributed by atoms with E-state index in [-0.39, 0.29) is 12.0 Å². The molecule has 23 heavy (non-hydrogen) atoms. The van der Waals surface area contributed by atoms with E-state index < -0.39 is 11.2 Å². The lowest BCUT2D eigenvalue weighted by atomic mass is 9.80. The SMILES string of the molecule is CCCC(CN(C)C(=O)OC(C)(C)C)C(C)(O)c1cccnc1. The summed E-state index contributed by atoms with van der Waals surface area (Å²) < 4.78 is 5.39. The molecule has 1 heterocycles. The largest absolute Gasteiger partial charge is 0.444 e. The monoisotopic (exact) mass is 322 g/mol. The maximum atomic E-state index is 12.2. The molecule has 1 rings (SSSR count). The lowest BCUT2D eigenvalue weighted by molar-refractivity contribution is -0.0276. The minimum Gasteiger partial charge on any atom is -0.444 e. The predicted octanol–water partition coefficient (Wildman–Crippen LogP) is 3.57. The van der Waals surface area contributed by atoms with E-state index in [0.717, 1.165) is 18.4 Å². The van der Waals surface area contributed by atoms with Gasteiger partial charge in [0.1, 0.15) is 5.60 Å². The molecule has 0 fully saturated rings. The molecule has 0 saturated carbocycles. The maximum Gasteiger partial charge on any atom is 0.410 e. The van der Waals surface area contributed by atoms with E-state index in [9.17, 15) is 9.90 Å². The third-order valence-corrected chi connectivity index (χ3v) is 3.88. The van der Waals surface area contributed by atoms with Crippen molar-refractivity contribution in [2.75, 3.05) is 13.6 Å². The first-order valence-electron chi connectivity index (χ1n) is 8.15. The highest BCUT2D eigenvalue weighted by Crippen LogP contribution is 2.32. The third kappa shape index (κ3) is 5.82. The number of hydrogen-bond donors (Lipinski definition) is 1. The topological polar surface area (TPSA) is 62.7 Å². The van der Waals surface area contributed by atoms with E-state index >= 15 is 0 Å². The Kier molecular flexibility index (Phi) is 6.57. The second-order valence-corrected chi connectivity index (χ2v) is 7.24. The van der Waals surface area contributed by atoms with Crippen LogP contribution in [-0.2, 0) is 10.3 Å². The van der Waals surface area contributed by atoms with E-state index in [1.165, 1.54) is 4.90 Å². The molecule has 0 saturated heterocycles. The molecule has 1 amide bonds. The van der Waals surface area contributed by atoms with Gasteiger partial charge in [-0.2, -0.15) is 0 Å². The number of aromatic nitrogens is 1. The summed E-state index contributed by atoms with van der Waals surface area (Å²) in [5, 5.41) is 11.0. The normalized spacial score (nSPS) is 15.6. The van der Waals surface area contributed by atoms with Crippen molar-refractivity contribution >= 4 is 6.09 Å². The van der Waals surface area contributed by atoms with Gasteiger partial charge in [0.15, 0.2) is 0 Å². The Morgan fingerprint density at radius 2 is 2.04 bits per heavy atom. The van der Waals surface area contributed by atoms with Crippen LogP contribution in [0.2, 0.25) is 0 Å². The molecule has 130 valence electrons. The van der Waals surface area contributed by atoms with Crippen molar-refractivity contribution < 1.29 is 14.6 Å². The minimum atomic E-state index is -1.06. The summed E-state index contributed by atoms with van der Waals surface area (Å²) in [6, 6.07) is 3.67.